The number of morpholine rings is 1. The molecule has 1 fully saturated rings. The Morgan fingerprint density at radius 3 is 3.00 bits per heavy atom. The summed E-state index contributed by atoms with van der Waals surface area (Å²) in [7, 11) is 0. The van der Waals surface area contributed by atoms with E-state index in [4.69, 9.17) is 4.74 Å². The molecule has 0 aliphatic carbocycles. The van der Waals surface area contributed by atoms with Crippen LogP contribution in [0.2, 0.25) is 0 Å². The van der Waals surface area contributed by atoms with Crippen LogP contribution in [0.15, 0.2) is 18.2 Å². The van der Waals surface area contributed by atoms with Gasteiger partial charge in [0.25, 0.3) is 0 Å². The van der Waals surface area contributed by atoms with Crippen molar-refractivity contribution in [2.24, 2.45) is 0 Å². The van der Waals surface area contributed by atoms with E-state index in [-0.39, 0.29) is 6.10 Å². The Kier molecular flexibility index (Phi) is 2.70. The van der Waals surface area contributed by atoms with E-state index in [1.54, 1.807) is 12.1 Å². The number of aromatic hydroxyl groups is 1. The van der Waals surface area contributed by atoms with Crippen LogP contribution in [0.4, 0.5) is 0 Å². The molecular weight excluding hydrogens is 178 g/mol. The van der Waals surface area contributed by atoms with Crippen LogP contribution in [0.5, 0.6) is 5.75 Å². The molecule has 1 aliphatic heterocycles. The number of nitrogens with one attached hydrogen (secondary N) is 1. The summed E-state index contributed by atoms with van der Waals surface area (Å²) in [6.07, 6.45) is 0.129. The molecule has 2 N–H and O–H groups in total. The summed E-state index contributed by atoms with van der Waals surface area (Å²) in [5.74, 6) is 0.315. The van der Waals surface area contributed by atoms with E-state index in [0.717, 1.165) is 30.8 Å². The first-order valence-corrected chi connectivity index (χ1v) is 4.89. The van der Waals surface area contributed by atoms with Gasteiger partial charge in [-0.05, 0) is 30.2 Å². The average molecular weight is 193 g/mol. The number of benzene rings is 1. The summed E-state index contributed by atoms with van der Waals surface area (Å²) in [5.41, 5.74) is 2.24. The lowest BCUT2D eigenvalue weighted by atomic mass is 10.0. The van der Waals surface area contributed by atoms with Gasteiger partial charge in [-0.3, -0.25) is 0 Å². The summed E-state index contributed by atoms with van der Waals surface area (Å²) >= 11 is 0. The summed E-state index contributed by atoms with van der Waals surface area (Å²) < 4.78 is 5.64. The zero-order valence-corrected chi connectivity index (χ0v) is 8.29. The van der Waals surface area contributed by atoms with Crippen molar-refractivity contribution in [1.82, 2.24) is 5.32 Å². The number of phenolic OH excluding ortho intramolecular Hbond substituents is 1. The van der Waals surface area contributed by atoms with Crippen LogP contribution in [-0.2, 0) is 4.74 Å². The third-order valence-electron chi connectivity index (χ3n) is 2.53. The molecule has 0 spiro atoms. The van der Waals surface area contributed by atoms with Crippen LogP contribution in [0.1, 0.15) is 17.2 Å². The van der Waals surface area contributed by atoms with E-state index in [1.165, 1.54) is 0 Å². The first kappa shape index (κ1) is 9.49. The van der Waals surface area contributed by atoms with Crippen LogP contribution in [0, 0.1) is 6.92 Å². The molecule has 14 heavy (non-hydrogen) atoms. The van der Waals surface area contributed by atoms with Gasteiger partial charge < -0.3 is 15.2 Å². The summed E-state index contributed by atoms with van der Waals surface area (Å²) in [5, 5.41) is 12.6. The van der Waals surface area contributed by atoms with Crippen molar-refractivity contribution >= 4 is 0 Å². The van der Waals surface area contributed by atoms with E-state index in [2.05, 4.69) is 5.32 Å². The minimum absolute atomic E-state index is 0.129. The molecule has 76 valence electrons. The maximum absolute atomic E-state index is 9.28. The smallest absolute Gasteiger partial charge is 0.115 e. The van der Waals surface area contributed by atoms with E-state index in [9.17, 15) is 5.11 Å². The average Bonchev–Trinajstić information content (AvgIpc) is 2.19. The van der Waals surface area contributed by atoms with Crippen molar-refractivity contribution in [3.63, 3.8) is 0 Å². The van der Waals surface area contributed by atoms with Crippen molar-refractivity contribution < 1.29 is 9.84 Å². The van der Waals surface area contributed by atoms with E-state index in [1.807, 2.05) is 13.0 Å². The number of hydrogen-bond donors (Lipinski definition) is 2. The second kappa shape index (κ2) is 3.98. The summed E-state index contributed by atoms with van der Waals surface area (Å²) in [6, 6.07) is 5.41. The summed E-state index contributed by atoms with van der Waals surface area (Å²) in [4.78, 5) is 0. The van der Waals surface area contributed by atoms with E-state index in [0.29, 0.717) is 5.75 Å². The SMILES string of the molecule is Cc1cc(O)ccc1C1CNCCO1. The Morgan fingerprint density at radius 1 is 1.50 bits per heavy atom. The van der Waals surface area contributed by atoms with Gasteiger partial charge in [-0.25, -0.2) is 0 Å². The van der Waals surface area contributed by atoms with Crippen molar-refractivity contribution in [1.29, 1.82) is 0 Å². The number of rotatable bonds is 1. The molecule has 1 saturated heterocycles. The lowest BCUT2D eigenvalue weighted by Crippen LogP contribution is -2.33. The third-order valence-corrected chi connectivity index (χ3v) is 2.53. The topological polar surface area (TPSA) is 41.5 Å². The van der Waals surface area contributed by atoms with Crippen LogP contribution in [-0.4, -0.2) is 24.8 Å². The largest absolute Gasteiger partial charge is 0.508 e. The molecule has 1 atom stereocenters. The normalized spacial score (nSPS) is 22.2. The number of hydrogen-bond acceptors (Lipinski definition) is 3. The first-order chi connectivity index (χ1) is 6.77. The van der Waals surface area contributed by atoms with E-state index < -0.39 is 0 Å². The number of ether oxygens (including phenoxy) is 1. The molecule has 0 radical (unpaired) electrons. The minimum Gasteiger partial charge on any atom is -0.508 e. The van der Waals surface area contributed by atoms with Gasteiger partial charge >= 0.3 is 0 Å². The molecule has 3 nitrogen and oxygen atoms in total. The Morgan fingerprint density at radius 2 is 2.36 bits per heavy atom. The molecule has 1 aliphatic rings. The maximum atomic E-state index is 9.28. The standard InChI is InChI=1S/C11H15NO2/c1-8-6-9(13)2-3-10(8)11-7-12-4-5-14-11/h2-3,6,11-13H,4-5,7H2,1H3. The Balaban J connectivity index is 2.22. The fraction of sp³-hybridized carbons (Fsp3) is 0.455. The van der Waals surface area contributed by atoms with Crippen molar-refractivity contribution in [2.45, 2.75) is 13.0 Å². The zero-order valence-electron chi connectivity index (χ0n) is 8.29. The van der Waals surface area contributed by atoms with Crippen LogP contribution >= 0.6 is 0 Å². The summed E-state index contributed by atoms with van der Waals surface area (Å²) in [6.45, 7) is 4.53. The Labute approximate surface area is 83.7 Å². The monoisotopic (exact) mass is 193 g/mol. The molecule has 0 aromatic heterocycles. The van der Waals surface area contributed by atoms with Gasteiger partial charge in [0.2, 0.25) is 0 Å². The second-order valence-electron chi connectivity index (χ2n) is 3.60. The highest BCUT2D eigenvalue weighted by Gasteiger charge is 2.17. The first-order valence-electron chi connectivity index (χ1n) is 4.89. The Hall–Kier alpha value is -1.06. The number of aryl methyl sites for hydroxylation is 1. The minimum atomic E-state index is 0.129. The van der Waals surface area contributed by atoms with Gasteiger partial charge in [0.05, 0.1) is 12.7 Å². The zero-order chi connectivity index (χ0) is 9.97. The number of phenols is 1. The molecule has 1 aromatic carbocycles. The molecule has 1 heterocycles. The fourth-order valence-corrected chi connectivity index (χ4v) is 1.79. The van der Waals surface area contributed by atoms with Gasteiger partial charge in [-0.2, -0.15) is 0 Å². The molecule has 0 saturated carbocycles. The lowest BCUT2D eigenvalue weighted by molar-refractivity contribution is 0.0273. The van der Waals surface area contributed by atoms with Gasteiger partial charge in [0.15, 0.2) is 0 Å². The molecule has 3 heteroatoms. The van der Waals surface area contributed by atoms with Crippen LogP contribution in [0.25, 0.3) is 0 Å². The predicted octanol–water partition coefficient (Wildman–Crippen LogP) is 1.36. The highest BCUT2D eigenvalue weighted by atomic mass is 16.5. The van der Waals surface area contributed by atoms with Crippen molar-refractivity contribution in [3.05, 3.63) is 29.3 Å². The van der Waals surface area contributed by atoms with Gasteiger partial charge in [0.1, 0.15) is 5.75 Å². The van der Waals surface area contributed by atoms with Crippen LogP contribution < -0.4 is 5.32 Å². The van der Waals surface area contributed by atoms with E-state index >= 15 is 0 Å². The highest BCUT2D eigenvalue weighted by molar-refractivity contribution is 5.35. The molecule has 0 bridgehead atoms. The lowest BCUT2D eigenvalue weighted by Gasteiger charge is -2.25. The fourth-order valence-electron chi connectivity index (χ4n) is 1.79. The molecule has 0 amide bonds. The second-order valence-corrected chi connectivity index (χ2v) is 3.60. The Bertz CT molecular complexity index is 319. The van der Waals surface area contributed by atoms with Gasteiger partial charge in [0, 0.05) is 13.1 Å². The predicted molar refractivity (Wildman–Crippen MR) is 54.4 cm³/mol. The quantitative estimate of drug-likeness (QED) is 0.707. The van der Waals surface area contributed by atoms with Crippen LogP contribution in [0.3, 0.4) is 0 Å². The van der Waals surface area contributed by atoms with Crippen molar-refractivity contribution in [3.8, 4) is 5.75 Å². The maximum Gasteiger partial charge on any atom is 0.115 e. The molecule has 1 unspecified atom stereocenters. The molecule has 1 aromatic rings. The molecular formula is C11H15NO2. The van der Waals surface area contributed by atoms with Crippen molar-refractivity contribution in [2.75, 3.05) is 19.7 Å². The third kappa shape index (κ3) is 1.89. The van der Waals surface area contributed by atoms with Gasteiger partial charge in [-0.1, -0.05) is 6.07 Å². The van der Waals surface area contributed by atoms with Gasteiger partial charge in [-0.15, -0.1) is 0 Å². The highest BCUT2D eigenvalue weighted by Crippen LogP contribution is 2.24. The molecule has 2 rings (SSSR count).